The van der Waals surface area contributed by atoms with Gasteiger partial charge < -0.3 is 14.7 Å². The van der Waals surface area contributed by atoms with Crippen molar-refractivity contribution in [3.05, 3.63) is 16.4 Å². The predicted molar refractivity (Wildman–Crippen MR) is 77.0 cm³/mol. The van der Waals surface area contributed by atoms with Crippen LogP contribution in [0.3, 0.4) is 0 Å². The van der Waals surface area contributed by atoms with E-state index < -0.39 is 5.60 Å². The first-order valence-electron chi connectivity index (χ1n) is 6.68. The molecule has 19 heavy (non-hydrogen) atoms. The van der Waals surface area contributed by atoms with Gasteiger partial charge in [0.05, 0.1) is 29.5 Å². The highest BCUT2D eigenvalue weighted by molar-refractivity contribution is 9.10. The van der Waals surface area contributed by atoms with E-state index in [1.165, 1.54) is 0 Å². The molecule has 0 saturated carbocycles. The molecular weight excluding hydrogens is 310 g/mol. The molecule has 1 aliphatic heterocycles. The second-order valence-electron chi connectivity index (χ2n) is 5.25. The van der Waals surface area contributed by atoms with Crippen molar-refractivity contribution in [3.8, 4) is 0 Å². The number of ether oxygens (including phenoxy) is 1. The van der Waals surface area contributed by atoms with Gasteiger partial charge in [-0.25, -0.2) is 0 Å². The van der Waals surface area contributed by atoms with Gasteiger partial charge in [-0.15, -0.1) is 0 Å². The van der Waals surface area contributed by atoms with Crippen LogP contribution in [-0.2, 0) is 16.9 Å². The lowest BCUT2D eigenvalue weighted by atomic mass is 9.91. The van der Waals surface area contributed by atoms with Gasteiger partial charge in [-0.3, -0.25) is 4.68 Å². The molecule has 6 heteroatoms. The number of methoxy groups -OCH3 is 1. The molecule has 108 valence electrons. The summed E-state index contributed by atoms with van der Waals surface area (Å²) in [5.41, 5.74) is 0.0910. The van der Waals surface area contributed by atoms with E-state index in [0.717, 1.165) is 42.5 Å². The Hall–Kier alpha value is -0.430. The Kier molecular flexibility index (Phi) is 5.00. The van der Waals surface area contributed by atoms with E-state index in [9.17, 15) is 5.11 Å². The first-order chi connectivity index (χ1) is 9.07. The lowest BCUT2D eigenvalue weighted by molar-refractivity contribution is 0.0111. The summed E-state index contributed by atoms with van der Waals surface area (Å²) in [4.78, 5) is 2.27. The van der Waals surface area contributed by atoms with Crippen LogP contribution < -0.4 is 0 Å². The molecule has 5 nitrogen and oxygen atoms in total. The van der Waals surface area contributed by atoms with Crippen molar-refractivity contribution in [2.24, 2.45) is 0 Å². The highest BCUT2D eigenvalue weighted by Crippen LogP contribution is 2.36. The topological polar surface area (TPSA) is 50.5 Å². The minimum atomic E-state index is -0.798. The fourth-order valence-electron chi connectivity index (χ4n) is 2.66. The van der Waals surface area contributed by atoms with Crippen LogP contribution in [0.4, 0.5) is 0 Å². The third-order valence-electron chi connectivity index (χ3n) is 3.78. The van der Waals surface area contributed by atoms with E-state index in [4.69, 9.17) is 4.74 Å². The van der Waals surface area contributed by atoms with Crippen molar-refractivity contribution in [2.45, 2.75) is 31.4 Å². The van der Waals surface area contributed by atoms with Crippen LogP contribution in [0.2, 0.25) is 0 Å². The first-order valence-corrected chi connectivity index (χ1v) is 7.48. The van der Waals surface area contributed by atoms with E-state index in [2.05, 4.69) is 33.0 Å². The zero-order valence-corrected chi connectivity index (χ0v) is 13.2. The van der Waals surface area contributed by atoms with E-state index >= 15 is 0 Å². The van der Waals surface area contributed by atoms with Gasteiger partial charge in [0.15, 0.2) is 0 Å². The van der Waals surface area contributed by atoms with E-state index in [1.54, 1.807) is 13.3 Å². The van der Waals surface area contributed by atoms with Crippen LogP contribution >= 0.6 is 15.9 Å². The molecule has 0 radical (unpaired) electrons. The Morgan fingerprint density at radius 2 is 2.26 bits per heavy atom. The minimum Gasteiger partial charge on any atom is -0.383 e. The van der Waals surface area contributed by atoms with E-state index in [0.29, 0.717) is 13.2 Å². The quantitative estimate of drug-likeness (QED) is 0.910. The maximum absolute atomic E-state index is 11.0. The number of nitrogens with zero attached hydrogens (tertiary/aromatic N) is 3. The Balaban J connectivity index is 2.25. The molecule has 1 aliphatic rings. The third-order valence-corrected chi connectivity index (χ3v) is 4.36. The maximum Gasteiger partial charge on any atom is 0.109 e. The molecule has 0 spiro atoms. The van der Waals surface area contributed by atoms with Gasteiger partial charge in [0.1, 0.15) is 5.60 Å². The highest BCUT2D eigenvalue weighted by atomic mass is 79.9. The molecular formula is C13H22BrN3O2. The summed E-state index contributed by atoms with van der Waals surface area (Å²) in [6, 6.07) is 0. The van der Waals surface area contributed by atoms with Gasteiger partial charge in [0, 0.05) is 13.7 Å². The summed E-state index contributed by atoms with van der Waals surface area (Å²) in [6.07, 6.45) is 4.27. The average Bonchev–Trinajstić information content (AvgIpc) is 2.66. The fraction of sp³-hybridized carbons (Fsp3) is 0.769. The summed E-state index contributed by atoms with van der Waals surface area (Å²) in [6.45, 7) is 3.19. The highest BCUT2D eigenvalue weighted by Gasteiger charge is 2.36. The van der Waals surface area contributed by atoms with E-state index in [1.807, 2.05) is 4.68 Å². The van der Waals surface area contributed by atoms with Crippen molar-refractivity contribution in [1.29, 1.82) is 0 Å². The standard InChI is InChI=1S/C13H22BrN3O2/c1-16-6-3-4-13(18,5-7-16)12-11(14)10-15-17(12)8-9-19-2/h10,18H,3-9H2,1-2H3. The van der Waals surface area contributed by atoms with Gasteiger partial charge in [0.25, 0.3) is 0 Å². The number of hydrogen-bond donors (Lipinski definition) is 1. The number of hydrogen-bond acceptors (Lipinski definition) is 4. The number of aromatic nitrogens is 2. The Morgan fingerprint density at radius 3 is 3.00 bits per heavy atom. The Bertz CT molecular complexity index is 424. The van der Waals surface area contributed by atoms with Crippen molar-refractivity contribution < 1.29 is 9.84 Å². The van der Waals surface area contributed by atoms with Crippen LogP contribution in [0.15, 0.2) is 10.7 Å². The summed E-state index contributed by atoms with van der Waals surface area (Å²) >= 11 is 3.52. The van der Waals surface area contributed by atoms with Gasteiger partial charge in [-0.2, -0.15) is 5.10 Å². The lowest BCUT2D eigenvalue weighted by Gasteiger charge is -2.28. The summed E-state index contributed by atoms with van der Waals surface area (Å²) in [5, 5.41) is 15.4. The Labute approximate surface area is 122 Å². The molecule has 0 amide bonds. The third kappa shape index (κ3) is 3.37. The molecule has 1 saturated heterocycles. The molecule has 1 unspecified atom stereocenters. The van der Waals surface area contributed by atoms with Crippen LogP contribution in [-0.4, -0.2) is 53.6 Å². The van der Waals surface area contributed by atoms with Crippen molar-refractivity contribution in [3.63, 3.8) is 0 Å². The SMILES string of the molecule is COCCn1ncc(Br)c1C1(O)CCCN(C)CC1. The lowest BCUT2D eigenvalue weighted by Crippen LogP contribution is -2.31. The zero-order chi connectivity index (χ0) is 13.9. The monoisotopic (exact) mass is 331 g/mol. The molecule has 0 bridgehead atoms. The largest absolute Gasteiger partial charge is 0.383 e. The molecule has 1 fully saturated rings. The van der Waals surface area contributed by atoms with E-state index in [-0.39, 0.29) is 0 Å². The molecule has 1 aromatic rings. The normalized spacial score (nSPS) is 25.5. The van der Waals surface area contributed by atoms with Crippen molar-refractivity contribution >= 4 is 15.9 Å². The number of halogens is 1. The Morgan fingerprint density at radius 1 is 1.47 bits per heavy atom. The number of likely N-dealkylation sites (tertiary alicyclic amines) is 1. The average molecular weight is 332 g/mol. The molecule has 2 heterocycles. The van der Waals surface area contributed by atoms with Crippen LogP contribution in [0, 0.1) is 0 Å². The van der Waals surface area contributed by atoms with Gasteiger partial charge in [0.2, 0.25) is 0 Å². The molecule has 1 aromatic heterocycles. The molecule has 1 N–H and O–H groups in total. The van der Waals surface area contributed by atoms with Crippen LogP contribution in [0.25, 0.3) is 0 Å². The smallest absolute Gasteiger partial charge is 0.109 e. The molecule has 2 rings (SSSR count). The fourth-order valence-corrected chi connectivity index (χ4v) is 3.33. The van der Waals surface area contributed by atoms with Crippen molar-refractivity contribution in [2.75, 3.05) is 33.9 Å². The van der Waals surface area contributed by atoms with Gasteiger partial charge in [-0.05, 0) is 48.8 Å². The van der Waals surface area contributed by atoms with Crippen LogP contribution in [0.5, 0.6) is 0 Å². The first kappa shape index (κ1) is 15.0. The second-order valence-corrected chi connectivity index (χ2v) is 6.10. The molecule has 0 aliphatic carbocycles. The minimum absolute atomic E-state index is 0.594. The van der Waals surface area contributed by atoms with Crippen LogP contribution in [0.1, 0.15) is 25.0 Å². The number of rotatable bonds is 4. The van der Waals surface area contributed by atoms with Gasteiger partial charge in [-0.1, -0.05) is 0 Å². The summed E-state index contributed by atoms with van der Waals surface area (Å²) < 4.78 is 7.85. The summed E-state index contributed by atoms with van der Waals surface area (Å²) in [7, 11) is 3.77. The summed E-state index contributed by atoms with van der Waals surface area (Å²) in [5.74, 6) is 0. The molecule has 0 aromatic carbocycles. The number of aliphatic hydroxyl groups is 1. The predicted octanol–water partition coefficient (Wildman–Crippen LogP) is 1.60. The van der Waals surface area contributed by atoms with Crippen molar-refractivity contribution in [1.82, 2.24) is 14.7 Å². The van der Waals surface area contributed by atoms with Gasteiger partial charge >= 0.3 is 0 Å². The zero-order valence-electron chi connectivity index (χ0n) is 11.6. The second kappa shape index (κ2) is 6.35. The maximum atomic E-state index is 11.0. The molecule has 1 atom stereocenters.